The molecule has 0 saturated carbocycles. The largest absolute Gasteiger partial charge is 0.374 e. The van der Waals surface area contributed by atoms with Crippen molar-refractivity contribution in [1.29, 1.82) is 0 Å². The van der Waals surface area contributed by atoms with Gasteiger partial charge in [-0.25, -0.2) is 0 Å². The molecule has 2 rings (SSSR count). The number of nitrogen functional groups attached to an aromatic ring is 1. The quantitative estimate of drug-likeness (QED) is 0.905. The van der Waals surface area contributed by atoms with Gasteiger partial charge in [0.25, 0.3) is 5.91 Å². The summed E-state index contributed by atoms with van der Waals surface area (Å²) < 4.78 is 1.00. The standard InChI is InChI=1S/C10H9BrN4OS/c11-7-3-1-6(2-4-7)5-13-8(16)9-14-15-10(12)17-9/h1-4H,5H2,(H2,12,15)(H,13,16). The zero-order chi connectivity index (χ0) is 12.3. The molecule has 1 aromatic carbocycles. The molecule has 1 heterocycles. The first kappa shape index (κ1) is 12.0. The van der Waals surface area contributed by atoms with Crippen molar-refractivity contribution in [3.05, 3.63) is 39.3 Å². The van der Waals surface area contributed by atoms with E-state index < -0.39 is 0 Å². The zero-order valence-electron chi connectivity index (χ0n) is 8.68. The lowest BCUT2D eigenvalue weighted by atomic mass is 10.2. The Kier molecular flexibility index (Phi) is 3.70. The second-order valence-electron chi connectivity index (χ2n) is 3.25. The summed E-state index contributed by atoms with van der Waals surface area (Å²) in [6.07, 6.45) is 0. The van der Waals surface area contributed by atoms with Crippen LogP contribution in [0.2, 0.25) is 0 Å². The molecule has 5 nitrogen and oxygen atoms in total. The van der Waals surface area contributed by atoms with Gasteiger partial charge in [0.2, 0.25) is 10.1 Å². The topological polar surface area (TPSA) is 80.9 Å². The smallest absolute Gasteiger partial charge is 0.282 e. The fourth-order valence-electron chi connectivity index (χ4n) is 1.19. The van der Waals surface area contributed by atoms with E-state index in [1.807, 2.05) is 24.3 Å². The minimum Gasteiger partial charge on any atom is -0.374 e. The lowest BCUT2D eigenvalue weighted by molar-refractivity contribution is 0.0950. The maximum atomic E-state index is 11.6. The van der Waals surface area contributed by atoms with E-state index in [-0.39, 0.29) is 10.9 Å². The summed E-state index contributed by atoms with van der Waals surface area (Å²) in [6.45, 7) is 0.450. The first-order valence-electron chi connectivity index (χ1n) is 4.77. The van der Waals surface area contributed by atoms with E-state index in [0.29, 0.717) is 11.7 Å². The Bertz CT molecular complexity index is 525. The van der Waals surface area contributed by atoms with Gasteiger partial charge in [-0.3, -0.25) is 4.79 Å². The predicted molar refractivity (Wildman–Crippen MR) is 69.6 cm³/mol. The number of nitrogens with two attached hydrogens (primary N) is 1. The highest BCUT2D eigenvalue weighted by Gasteiger charge is 2.10. The van der Waals surface area contributed by atoms with Gasteiger partial charge in [0.1, 0.15) is 0 Å². The first-order chi connectivity index (χ1) is 8.15. The van der Waals surface area contributed by atoms with Crippen molar-refractivity contribution in [2.75, 3.05) is 5.73 Å². The van der Waals surface area contributed by atoms with Gasteiger partial charge < -0.3 is 11.1 Å². The second-order valence-corrected chi connectivity index (χ2v) is 5.18. The van der Waals surface area contributed by atoms with E-state index in [2.05, 4.69) is 31.4 Å². The van der Waals surface area contributed by atoms with Crippen molar-refractivity contribution in [2.45, 2.75) is 6.54 Å². The fourth-order valence-corrected chi connectivity index (χ4v) is 1.98. The zero-order valence-corrected chi connectivity index (χ0v) is 11.1. The van der Waals surface area contributed by atoms with Crippen molar-refractivity contribution in [1.82, 2.24) is 15.5 Å². The van der Waals surface area contributed by atoms with Crippen molar-refractivity contribution >= 4 is 38.3 Å². The molecule has 17 heavy (non-hydrogen) atoms. The van der Waals surface area contributed by atoms with Gasteiger partial charge in [-0.1, -0.05) is 39.4 Å². The van der Waals surface area contributed by atoms with Crippen molar-refractivity contribution < 1.29 is 4.79 Å². The maximum absolute atomic E-state index is 11.6. The fraction of sp³-hybridized carbons (Fsp3) is 0.100. The highest BCUT2D eigenvalue weighted by Crippen LogP contribution is 2.12. The lowest BCUT2D eigenvalue weighted by Crippen LogP contribution is -2.22. The summed E-state index contributed by atoms with van der Waals surface area (Å²) in [4.78, 5) is 11.6. The number of aromatic nitrogens is 2. The first-order valence-corrected chi connectivity index (χ1v) is 6.38. The minimum absolute atomic E-state index is 0.262. The van der Waals surface area contributed by atoms with Crippen LogP contribution in [-0.4, -0.2) is 16.1 Å². The number of amides is 1. The highest BCUT2D eigenvalue weighted by molar-refractivity contribution is 9.10. The average molecular weight is 313 g/mol. The van der Waals surface area contributed by atoms with Crippen molar-refractivity contribution in [3.63, 3.8) is 0 Å². The van der Waals surface area contributed by atoms with Gasteiger partial charge in [-0.2, -0.15) is 0 Å². The number of benzene rings is 1. The van der Waals surface area contributed by atoms with Crippen LogP contribution in [0.1, 0.15) is 15.4 Å². The number of halogens is 1. The number of rotatable bonds is 3. The van der Waals surface area contributed by atoms with Gasteiger partial charge in [0, 0.05) is 11.0 Å². The molecule has 0 unspecified atom stereocenters. The Balaban J connectivity index is 1.94. The SMILES string of the molecule is Nc1nnc(C(=O)NCc2ccc(Br)cc2)s1. The van der Waals surface area contributed by atoms with Crippen LogP contribution >= 0.6 is 27.3 Å². The third-order valence-electron chi connectivity index (χ3n) is 2.00. The van der Waals surface area contributed by atoms with Crippen LogP contribution in [0.5, 0.6) is 0 Å². The molecule has 1 aromatic heterocycles. The van der Waals surface area contributed by atoms with Crippen molar-refractivity contribution in [3.8, 4) is 0 Å². The maximum Gasteiger partial charge on any atom is 0.282 e. The lowest BCUT2D eigenvalue weighted by Gasteiger charge is -2.02. The highest BCUT2D eigenvalue weighted by atomic mass is 79.9. The van der Waals surface area contributed by atoms with Gasteiger partial charge in [-0.15, -0.1) is 10.2 Å². The van der Waals surface area contributed by atoms with Crippen LogP contribution in [0.3, 0.4) is 0 Å². The van der Waals surface area contributed by atoms with E-state index >= 15 is 0 Å². The summed E-state index contributed by atoms with van der Waals surface area (Å²) in [5.41, 5.74) is 6.41. The summed E-state index contributed by atoms with van der Waals surface area (Å²) in [5, 5.41) is 10.6. The molecule has 0 saturated heterocycles. The molecule has 0 aliphatic carbocycles. The Morgan fingerprint density at radius 1 is 1.35 bits per heavy atom. The third-order valence-corrected chi connectivity index (χ3v) is 3.28. The van der Waals surface area contributed by atoms with Crippen LogP contribution < -0.4 is 11.1 Å². The van der Waals surface area contributed by atoms with Gasteiger partial charge in [0.15, 0.2) is 0 Å². The van der Waals surface area contributed by atoms with Crippen LogP contribution in [0.15, 0.2) is 28.7 Å². The van der Waals surface area contributed by atoms with E-state index in [1.54, 1.807) is 0 Å². The number of hydrogen-bond donors (Lipinski definition) is 2. The molecule has 88 valence electrons. The summed E-state index contributed by atoms with van der Waals surface area (Å²) in [6, 6.07) is 7.70. The molecule has 0 aliphatic rings. The Hall–Kier alpha value is -1.47. The average Bonchev–Trinajstić information content (AvgIpc) is 2.75. The Morgan fingerprint density at radius 2 is 2.06 bits per heavy atom. The minimum atomic E-state index is -0.262. The van der Waals surface area contributed by atoms with E-state index in [0.717, 1.165) is 21.4 Å². The monoisotopic (exact) mass is 312 g/mol. The number of anilines is 1. The Morgan fingerprint density at radius 3 is 2.65 bits per heavy atom. The number of carbonyl (C=O) groups is 1. The molecule has 0 aliphatic heterocycles. The predicted octanol–water partition coefficient (Wildman–Crippen LogP) is 1.81. The molecule has 0 radical (unpaired) electrons. The number of nitrogens with one attached hydrogen (secondary N) is 1. The number of hydrogen-bond acceptors (Lipinski definition) is 5. The van der Waals surface area contributed by atoms with E-state index in [4.69, 9.17) is 5.73 Å². The van der Waals surface area contributed by atoms with E-state index in [1.165, 1.54) is 0 Å². The van der Waals surface area contributed by atoms with Crippen LogP contribution in [-0.2, 0) is 6.54 Å². The molecule has 0 bridgehead atoms. The molecule has 2 aromatic rings. The summed E-state index contributed by atoms with van der Waals surface area (Å²) in [5.74, 6) is -0.262. The second kappa shape index (κ2) is 5.24. The van der Waals surface area contributed by atoms with Gasteiger partial charge in [0.05, 0.1) is 0 Å². The Labute approximate surface area is 110 Å². The number of nitrogens with zero attached hydrogens (tertiary/aromatic N) is 2. The van der Waals surface area contributed by atoms with Crippen LogP contribution in [0, 0.1) is 0 Å². The molecular formula is C10H9BrN4OS. The molecule has 3 N–H and O–H groups in total. The van der Waals surface area contributed by atoms with Crippen LogP contribution in [0.4, 0.5) is 5.13 Å². The van der Waals surface area contributed by atoms with Crippen molar-refractivity contribution in [2.24, 2.45) is 0 Å². The normalized spacial score (nSPS) is 10.2. The van der Waals surface area contributed by atoms with E-state index in [9.17, 15) is 4.79 Å². The third kappa shape index (κ3) is 3.24. The molecule has 0 spiro atoms. The molecule has 0 fully saturated rings. The van der Waals surface area contributed by atoms with Crippen LogP contribution in [0.25, 0.3) is 0 Å². The summed E-state index contributed by atoms with van der Waals surface area (Å²) >= 11 is 4.42. The molecular weight excluding hydrogens is 304 g/mol. The molecule has 1 amide bonds. The molecule has 7 heteroatoms. The van der Waals surface area contributed by atoms with Gasteiger partial charge >= 0.3 is 0 Å². The van der Waals surface area contributed by atoms with Gasteiger partial charge in [-0.05, 0) is 17.7 Å². The summed E-state index contributed by atoms with van der Waals surface area (Å²) in [7, 11) is 0. The number of carbonyl (C=O) groups excluding carboxylic acids is 1. The molecule has 0 atom stereocenters.